The zero-order valence-electron chi connectivity index (χ0n) is 18.2. The normalized spacial score (nSPS) is 10.8. The van der Waals surface area contributed by atoms with Crippen molar-refractivity contribution < 1.29 is 19.1 Å². The second-order valence-corrected chi connectivity index (χ2v) is 8.45. The summed E-state index contributed by atoms with van der Waals surface area (Å²) in [6.45, 7) is 2.75. The van der Waals surface area contributed by atoms with Gasteiger partial charge in [0.15, 0.2) is 5.75 Å². The van der Waals surface area contributed by atoms with Crippen molar-refractivity contribution >= 4 is 35.1 Å². The largest absolute Gasteiger partial charge is 0.466 e. The van der Waals surface area contributed by atoms with E-state index < -0.39 is 0 Å². The first-order valence-corrected chi connectivity index (χ1v) is 12.1. The minimum atomic E-state index is -0.377. The Balaban J connectivity index is 1.95. The number of benzene rings is 1. The molecule has 1 aromatic carbocycles. The summed E-state index contributed by atoms with van der Waals surface area (Å²) < 4.78 is 10.5. The third kappa shape index (κ3) is 13.1. The number of ether oxygens (including phenoxy) is 2. The van der Waals surface area contributed by atoms with Crippen LogP contribution >= 0.6 is 23.2 Å². The molecule has 6 heteroatoms. The van der Waals surface area contributed by atoms with Gasteiger partial charge < -0.3 is 9.47 Å². The highest BCUT2D eigenvalue weighted by atomic mass is 35.5. The molecule has 0 radical (unpaired) electrons. The van der Waals surface area contributed by atoms with Crippen LogP contribution < -0.4 is 4.74 Å². The molecular weight excluding hydrogens is 423 g/mol. The van der Waals surface area contributed by atoms with Crippen LogP contribution in [0.2, 0.25) is 10.0 Å². The first-order chi connectivity index (χ1) is 14.5. The van der Waals surface area contributed by atoms with E-state index in [1.54, 1.807) is 18.2 Å². The van der Waals surface area contributed by atoms with E-state index >= 15 is 0 Å². The number of halogens is 2. The lowest BCUT2D eigenvalue weighted by Gasteiger charge is -2.08. The molecule has 1 rings (SSSR count). The number of hydrogen-bond acceptors (Lipinski definition) is 4. The third-order valence-corrected chi connectivity index (χ3v) is 5.50. The molecule has 0 saturated carbocycles. The molecule has 0 unspecified atom stereocenters. The highest BCUT2D eigenvalue weighted by Crippen LogP contribution is 2.32. The summed E-state index contributed by atoms with van der Waals surface area (Å²) in [5.41, 5.74) is 0. The number of unbranched alkanes of at least 4 members (excludes halogenated alkanes) is 10. The molecule has 0 amide bonds. The molecule has 0 heterocycles. The smallest absolute Gasteiger partial charge is 0.311 e. The quantitative estimate of drug-likeness (QED) is 0.135. The zero-order chi connectivity index (χ0) is 22.0. The Morgan fingerprint density at radius 1 is 0.733 bits per heavy atom. The maximum atomic E-state index is 11.9. The minimum Gasteiger partial charge on any atom is -0.466 e. The summed E-state index contributed by atoms with van der Waals surface area (Å²) >= 11 is 12.0. The first-order valence-electron chi connectivity index (χ1n) is 11.3. The van der Waals surface area contributed by atoms with Crippen molar-refractivity contribution in [3.8, 4) is 5.75 Å². The molecule has 0 atom stereocenters. The fraction of sp³-hybridized carbons (Fsp3) is 0.667. The average Bonchev–Trinajstić information content (AvgIpc) is 2.72. The Hall–Kier alpha value is -1.26. The maximum Gasteiger partial charge on any atom is 0.311 e. The first kappa shape index (κ1) is 26.8. The third-order valence-electron chi connectivity index (χ3n) is 4.91. The summed E-state index contributed by atoms with van der Waals surface area (Å²) in [7, 11) is 0. The van der Waals surface area contributed by atoms with Crippen LogP contribution in [0.25, 0.3) is 0 Å². The van der Waals surface area contributed by atoms with Crippen LogP contribution in [0.5, 0.6) is 5.75 Å². The molecule has 0 fully saturated rings. The Morgan fingerprint density at radius 2 is 1.23 bits per heavy atom. The van der Waals surface area contributed by atoms with Gasteiger partial charge in [0.25, 0.3) is 0 Å². The van der Waals surface area contributed by atoms with Crippen LogP contribution in [-0.4, -0.2) is 18.5 Å². The molecule has 4 nitrogen and oxygen atoms in total. The predicted octanol–water partition coefficient (Wildman–Crippen LogP) is 7.92. The predicted molar refractivity (Wildman–Crippen MR) is 123 cm³/mol. The Bertz CT molecular complexity index is 599. The minimum absolute atomic E-state index is 0.153. The fourth-order valence-corrected chi connectivity index (χ4v) is 3.61. The molecule has 0 aliphatic heterocycles. The summed E-state index contributed by atoms with van der Waals surface area (Å²) in [4.78, 5) is 23.6. The number of rotatable bonds is 17. The van der Waals surface area contributed by atoms with Crippen molar-refractivity contribution in [2.45, 2.75) is 96.8 Å². The standard InChI is InChI=1S/C24H36Cl2O4/c1-2-3-4-5-6-7-8-9-13-19-29-22(27)17-11-10-12-18-23(28)30-24-20(25)15-14-16-21(24)26/h14-16H,2-13,17-19H2,1H3. The molecule has 170 valence electrons. The van der Waals surface area contributed by atoms with E-state index in [2.05, 4.69) is 6.92 Å². The lowest BCUT2D eigenvalue weighted by molar-refractivity contribution is -0.143. The van der Waals surface area contributed by atoms with Gasteiger partial charge in [-0.05, 0) is 31.4 Å². The Labute approximate surface area is 191 Å². The van der Waals surface area contributed by atoms with Crippen LogP contribution in [0.1, 0.15) is 96.8 Å². The topological polar surface area (TPSA) is 52.6 Å². The van der Waals surface area contributed by atoms with E-state index in [9.17, 15) is 9.59 Å². The van der Waals surface area contributed by atoms with Gasteiger partial charge in [-0.25, -0.2) is 0 Å². The van der Waals surface area contributed by atoms with Gasteiger partial charge in [-0.15, -0.1) is 0 Å². The van der Waals surface area contributed by atoms with E-state index in [-0.39, 0.29) is 24.1 Å². The van der Waals surface area contributed by atoms with Crippen molar-refractivity contribution in [2.75, 3.05) is 6.61 Å². The van der Waals surface area contributed by atoms with Gasteiger partial charge in [0.05, 0.1) is 16.7 Å². The maximum absolute atomic E-state index is 11.9. The zero-order valence-corrected chi connectivity index (χ0v) is 19.7. The molecule has 0 bridgehead atoms. The fourth-order valence-electron chi connectivity index (χ4n) is 3.13. The Morgan fingerprint density at radius 3 is 1.83 bits per heavy atom. The average molecular weight is 459 g/mol. The van der Waals surface area contributed by atoms with Crippen LogP contribution in [0.3, 0.4) is 0 Å². The lowest BCUT2D eigenvalue weighted by Crippen LogP contribution is -2.09. The summed E-state index contributed by atoms with van der Waals surface area (Å²) in [6.07, 6.45) is 14.0. The molecule has 0 N–H and O–H groups in total. The van der Waals surface area contributed by atoms with Crippen molar-refractivity contribution in [1.29, 1.82) is 0 Å². The number of hydrogen-bond donors (Lipinski definition) is 0. The molecule has 0 saturated heterocycles. The van der Waals surface area contributed by atoms with E-state index in [0.29, 0.717) is 35.9 Å². The molecule has 1 aromatic rings. The van der Waals surface area contributed by atoms with Crippen LogP contribution in [-0.2, 0) is 14.3 Å². The number of esters is 2. The van der Waals surface area contributed by atoms with Gasteiger partial charge in [-0.1, -0.05) is 94.0 Å². The van der Waals surface area contributed by atoms with Crippen molar-refractivity contribution in [1.82, 2.24) is 0 Å². The van der Waals surface area contributed by atoms with Gasteiger partial charge in [0.2, 0.25) is 0 Å². The summed E-state index contributed by atoms with van der Waals surface area (Å²) in [5, 5.41) is 0.621. The van der Waals surface area contributed by atoms with E-state index in [4.69, 9.17) is 32.7 Å². The van der Waals surface area contributed by atoms with E-state index in [1.165, 1.54) is 44.9 Å². The van der Waals surface area contributed by atoms with Crippen LogP contribution in [0, 0.1) is 0 Å². The van der Waals surface area contributed by atoms with Gasteiger partial charge in [-0.3, -0.25) is 9.59 Å². The molecule has 0 aliphatic rings. The summed E-state index contributed by atoms with van der Waals surface area (Å²) in [5.74, 6) is -0.330. The molecule has 30 heavy (non-hydrogen) atoms. The van der Waals surface area contributed by atoms with E-state index in [1.807, 2.05) is 0 Å². The van der Waals surface area contributed by atoms with Gasteiger partial charge in [0.1, 0.15) is 0 Å². The SMILES string of the molecule is CCCCCCCCCCCOC(=O)CCCCCC(=O)Oc1c(Cl)cccc1Cl. The number of carbonyl (C=O) groups is 2. The van der Waals surface area contributed by atoms with Crippen molar-refractivity contribution in [2.24, 2.45) is 0 Å². The van der Waals surface area contributed by atoms with E-state index in [0.717, 1.165) is 19.3 Å². The number of carbonyl (C=O) groups excluding carboxylic acids is 2. The Kier molecular flexibility index (Phi) is 15.6. The van der Waals surface area contributed by atoms with Gasteiger partial charge >= 0.3 is 11.9 Å². The van der Waals surface area contributed by atoms with Crippen LogP contribution in [0.4, 0.5) is 0 Å². The van der Waals surface area contributed by atoms with Crippen LogP contribution in [0.15, 0.2) is 18.2 Å². The summed E-state index contributed by atoms with van der Waals surface area (Å²) in [6, 6.07) is 4.93. The monoisotopic (exact) mass is 458 g/mol. The molecular formula is C24H36Cl2O4. The molecule has 0 aliphatic carbocycles. The van der Waals surface area contributed by atoms with Crippen molar-refractivity contribution in [3.63, 3.8) is 0 Å². The number of para-hydroxylation sites is 1. The van der Waals surface area contributed by atoms with Crippen molar-refractivity contribution in [3.05, 3.63) is 28.2 Å². The lowest BCUT2D eigenvalue weighted by atomic mass is 10.1. The molecule has 0 spiro atoms. The highest BCUT2D eigenvalue weighted by Gasteiger charge is 2.12. The second kappa shape index (κ2) is 17.4. The van der Waals surface area contributed by atoms with Gasteiger partial charge in [-0.2, -0.15) is 0 Å². The highest BCUT2D eigenvalue weighted by molar-refractivity contribution is 6.37. The molecule has 0 aromatic heterocycles. The van der Waals surface area contributed by atoms with Gasteiger partial charge in [0, 0.05) is 12.8 Å². The second-order valence-electron chi connectivity index (χ2n) is 7.63.